The van der Waals surface area contributed by atoms with E-state index in [4.69, 9.17) is 17.1 Å². The molecule has 2 rings (SSSR count). The van der Waals surface area contributed by atoms with Gasteiger partial charge < -0.3 is 0 Å². The van der Waals surface area contributed by atoms with Gasteiger partial charge in [0.2, 0.25) is 0 Å². The fourth-order valence-corrected chi connectivity index (χ4v) is 1.33. The molecule has 0 bridgehead atoms. The van der Waals surface area contributed by atoms with Crippen molar-refractivity contribution in [3.63, 3.8) is 0 Å². The Morgan fingerprint density at radius 1 is 1.16 bits per heavy atom. The van der Waals surface area contributed by atoms with E-state index >= 15 is 0 Å². The first kappa shape index (κ1) is 12.8. The summed E-state index contributed by atoms with van der Waals surface area (Å²) in [4.78, 5) is 2.70. The van der Waals surface area contributed by atoms with Crippen LogP contribution in [-0.2, 0) is 0 Å². The van der Waals surface area contributed by atoms with Gasteiger partial charge in [0.25, 0.3) is 0 Å². The number of anilines is 1. The van der Waals surface area contributed by atoms with Gasteiger partial charge in [0, 0.05) is 10.6 Å². The third-order valence-electron chi connectivity index (χ3n) is 2.08. The van der Waals surface area contributed by atoms with E-state index in [9.17, 15) is 0 Å². The van der Waals surface area contributed by atoms with Crippen LogP contribution in [0.5, 0.6) is 0 Å². The van der Waals surface area contributed by atoms with E-state index < -0.39 is 0 Å². The fourth-order valence-electron chi connectivity index (χ4n) is 1.23. The second-order valence-corrected chi connectivity index (χ2v) is 3.78. The lowest BCUT2D eigenvalue weighted by Crippen LogP contribution is -1.94. The van der Waals surface area contributed by atoms with Crippen LogP contribution in [0.25, 0.3) is 10.4 Å². The number of hydrogen-bond donors (Lipinski definition) is 1. The van der Waals surface area contributed by atoms with Gasteiger partial charge in [-0.1, -0.05) is 41.0 Å². The minimum Gasteiger partial charge on any atom is -0.260 e. The van der Waals surface area contributed by atoms with Crippen molar-refractivity contribution >= 4 is 29.3 Å². The molecule has 7 nitrogen and oxygen atoms in total. The number of hydrazone groups is 1. The number of halogens is 1. The molecule has 2 aromatic rings. The second-order valence-electron chi connectivity index (χ2n) is 3.39. The van der Waals surface area contributed by atoms with Gasteiger partial charge in [0.1, 0.15) is 0 Å². The minimum absolute atomic E-state index is 0.322. The standard InChI is InChI=1S/C11H8ClN7/c12-10-5-6-11(18-16-10)17-14-7-8-1-3-9(4-2-8)15-19-13/h1-7H,(H,17,18). The van der Waals surface area contributed by atoms with E-state index in [-0.39, 0.29) is 0 Å². The predicted octanol–water partition coefficient (Wildman–Crippen LogP) is 3.52. The van der Waals surface area contributed by atoms with Crippen molar-refractivity contribution in [2.75, 3.05) is 5.43 Å². The van der Waals surface area contributed by atoms with Crippen LogP contribution in [0, 0.1) is 0 Å². The van der Waals surface area contributed by atoms with Crippen molar-refractivity contribution in [2.24, 2.45) is 10.2 Å². The molecule has 0 fully saturated rings. The molecule has 1 aromatic heterocycles. The van der Waals surface area contributed by atoms with E-state index in [0.29, 0.717) is 16.7 Å². The maximum Gasteiger partial charge on any atom is 0.168 e. The molecule has 0 aliphatic carbocycles. The summed E-state index contributed by atoms with van der Waals surface area (Å²) in [6.45, 7) is 0. The molecular formula is C11H8ClN7. The lowest BCUT2D eigenvalue weighted by atomic mass is 10.2. The second kappa shape index (κ2) is 6.34. The maximum absolute atomic E-state index is 8.28. The Hall–Kier alpha value is -2.63. The van der Waals surface area contributed by atoms with Crippen LogP contribution in [0.15, 0.2) is 46.6 Å². The summed E-state index contributed by atoms with van der Waals surface area (Å²) in [5.74, 6) is 0.492. The molecule has 0 saturated heterocycles. The lowest BCUT2D eigenvalue weighted by Gasteiger charge is -1.97. The number of aromatic nitrogens is 2. The predicted molar refractivity (Wildman–Crippen MR) is 73.5 cm³/mol. The highest BCUT2D eigenvalue weighted by Gasteiger charge is 1.93. The highest BCUT2D eigenvalue weighted by Crippen LogP contribution is 2.12. The first-order valence-corrected chi connectivity index (χ1v) is 5.59. The Labute approximate surface area is 113 Å². The van der Waals surface area contributed by atoms with Crippen molar-refractivity contribution in [1.82, 2.24) is 10.2 Å². The van der Waals surface area contributed by atoms with Gasteiger partial charge in [-0.2, -0.15) is 5.10 Å². The van der Waals surface area contributed by atoms with Gasteiger partial charge in [-0.05, 0) is 23.2 Å². The molecule has 1 heterocycles. The van der Waals surface area contributed by atoms with Crippen molar-refractivity contribution in [2.45, 2.75) is 0 Å². The maximum atomic E-state index is 8.28. The number of rotatable bonds is 4. The largest absolute Gasteiger partial charge is 0.260 e. The summed E-state index contributed by atoms with van der Waals surface area (Å²) in [5.41, 5.74) is 12.4. The number of azide groups is 1. The van der Waals surface area contributed by atoms with E-state index in [1.54, 1.807) is 42.6 Å². The highest BCUT2D eigenvalue weighted by molar-refractivity contribution is 6.29. The van der Waals surface area contributed by atoms with Crippen LogP contribution in [0.3, 0.4) is 0 Å². The van der Waals surface area contributed by atoms with Crippen LogP contribution in [0.2, 0.25) is 5.15 Å². The summed E-state index contributed by atoms with van der Waals surface area (Å²) in [7, 11) is 0. The quantitative estimate of drug-likeness (QED) is 0.303. The number of benzene rings is 1. The first-order valence-electron chi connectivity index (χ1n) is 5.21. The Kier molecular flexibility index (Phi) is 4.28. The van der Waals surface area contributed by atoms with Crippen molar-refractivity contribution in [3.05, 3.63) is 57.6 Å². The van der Waals surface area contributed by atoms with E-state index in [0.717, 1.165) is 5.56 Å². The topological polar surface area (TPSA) is 98.9 Å². The summed E-state index contributed by atoms with van der Waals surface area (Å²) in [6, 6.07) is 10.2. The fraction of sp³-hybridized carbons (Fsp3) is 0. The van der Waals surface area contributed by atoms with E-state index in [2.05, 4.69) is 30.8 Å². The molecule has 0 radical (unpaired) electrons. The Bertz CT molecular complexity index is 614. The van der Waals surface area contributed by atoms with Crippen LogP contribution in [0.4, 0.5) is 11.5 Å². The van der Waals surface area contributed by atoms with Crippen LogP contribution >= 0.6 is 11.6 Å². The Morgan fingerprint density at radius 3 is 2.58 bits per heavy atom. The van der Waals surface area contributed by atoms with Gasteiger partial charge in [-0.3, -0.25) is 5.43 Å². The van der Waals surface area contributed by atoms with Gasteiger partial charge in [-0.15, -0.1) is 10.2 Å². The Balaban J connectivity index is 1.98. The average molecular weight is 274 g/mol. The minimum atomic E-state index is 0.322. The molecule has 0 aliphatic rings. The van der Waals surface area contributed by atoms with Crippen molar-refractivity contribution < 1.29 is 0 Å². The van der Waals surface area contributed by atoms with Gasteiger partial charge in [0.15, 0.2) is 11.0 Å². The van der Waals surface area contributed by atoms with Crippen LogP contribution in [-0.4, -0.2) is 16.4 Å². The molecule has 0 aliphatic heterocycles. The number of nitrogens with zero attached hydrogens (tertiary/aromatic N) is 6. The number of hydrogen-bond acceptors (Lipinski definition) is 5. The smallest absolute Gasteiger partial charge is 0.168 e. The van der Waals surface area contributed by atoms with Gasteiger partial charge in [-0.25, -0.2) is 0 Å². The van der Waals surface area contributed by atoms with Crippen LogP contribution in [0.1, 0.15) is 5.56 Å². The van der Waals surface area contributed by atoms with Gasteiger partial charge in [0.05, 0.1) is 6.21 Å². The first-order chi connectivity index (χ1) is 9.28. The molecule has 0 atom stereocenters. The SMILES string of the molecule is [N-]=[N+]=Nc1ccc(C=NNc2ccc(Cl)nn2)cc1. The third-order valence-corrected chi connectivity index (χ3v) is 2.28. The van der Waals surface area contributed by atoms with E-state index in [1.807, 2.05) is 0 Å². The van der Waals surface area contributed by atoms with E-state index in [1.165, 1.54) is 0 Å². The Morgan fingerprint density at radius 2 is 1.95 bits per heavy atom. The summed E-state index contributed by atoms with van der Waals surface area (Å²) in [6.07, 6.45) is 1.61. The molecule has 1 N–H and O–H groups in total. The molecule has 0 amide bonds. The lowest BCUT2D eigenvalue weighted by molar-refractivity contribution is 1.02. The zero-order chi connectivity index (χ0) is 13.5. The summed E-state index contributed by atoms with van der Waals surface area (Å²) in [5, 5.41) is 15.2. The zero-order valence-electron chi connectivity index (χ0n) is 9.60. The van der Waals surface area contributed by atoms with Crippen molar-refractivity contribution in [1.29, 1.82) is 0 Å². The molecule has 8 heteroatoms. The molecule has 19 heavy (non-hydrogen) atoms. The molecule has 1 aromatic carbocycles. The monoisotopic (exact) mass is 273 g/mol. The third kappa shape index (κ3) is 3.95. The normalized spacial score (nSPS) is 10.2. The zero-order valence-corrected chi connectivity index (χ0v) is 10.4. The summed E-state index contributed by atoms with van der Waals surface area (Å²) >= 11 is 5.61. The molecular weight excluding hydrogens is 266 g/mol. The highest BCUT2D eigenvalue weighted by atomic mass is 35.5. The molecule has 0 unspecified atom stereocenters. The molecule has 0 saturated carbocycles. The van der Waals surface area contributed by atoms with Crippen molar-refractivity contribution in [3.8, 4) is 0 Å². The van der Waals surface area contributed by atoms with Crippen LogP contribution < -0.4 is 5.43 Å². The average Bonchev–Trinajstić information content (AvgIpc) is 2.43. The molecule has 0 spiro atoms. The molecule has 94 valence electrons. The van der Waals surface area contributed by atoms with Gasteiger partial charge >= 0.3 is 0 Å². The number of nitrogens with one attached hydrogen (secondary N) is 1. The summed E-state index contributed by atoms with van der Waals surface area (Å²) < 4.78 is 0.